The van der Waals surface area contributed by atoms with Crippen LogP contribution in [0.15, 0.2) is 55.1 Å². The summed E-state index contributed by atoms with van der Waals surface area (Å²) in [6.45, 7) is 7.80. The summed E-state index contributed by atoms with van der Waals surface area (Å²) in [5, 5.41) is 3.06. The molecule has 1 aromatic carbocycles. The van der Waals surface area contributed by atoms with Gasteiger partial charge in [0, 0.05) is 36.5 Å². The summed E-state index contributed by atoms with van der Waals surface area (Å²) in [5.74, 6) is 0.701. The maximum atomic E-state index is 12.3. The highest BCUT2D eigenvalue weighted by Gasteiger charge is 2.43. The fourth-order valence-electron chi connectivity index (χ4n) is 2.61. The number of carbonyl (C=O) groups is 1. The van der Waals surface area contributed by atoms with Gasteiger partial charge in [0.05, 0.1) is 6.33 Å². The molecule has 1 aliphatic rings. The minimum Gasteiger partial charge on any atom is -0.489 e. The molecule has 3 rings (SSSR count). The molecule has 2 aromatic rings. The number of aromatic nitrogens is 2. The minimum absolute atomic E-state index is 0.0432. The molecule has 0 spiro atoms. The number of carbonyl (C=O) groups excluding carboxylic acids is 1. The molecule has 0 bridgehead atoms. The first-order valence-corrected chi connectivity index (χ1v) is 8.18. The first-order chi connectivity index (χ1) is 11.6. The molecule has 0 unspecified atom stereocenters. The molecule has 1 aromatic heterocycles. The summed E-state index contributed by atoms with van der Waals surface area (Å²) in [6, 6.07) is 7.21. The average Bonchev–Trinajstić information content (AvgIpc) is 3.15. The molecule has 1 amide bonds. The van der Waals surface area contributed by atoms with Gasteiger partial charge < -0.3 is 14.6 Å². The van der Waals surface area contributed by atoms with E-state index in [1.54, 1.807) is 18.3 Å². The van der Waals surface area contributed by atoms with Crippen LogP contribution in [0.2, 0.25) is 0 Å². The second kappa shape index (κ2) is 6.91. The fourth-order valence-corrected chi connectivity index (χ4v) is 2.61. The van der Waals surface area contributed by atoms with Crippen molar-refractivity contribution in [3.8, 4) is 5.75 Å². The molecule has 0 aliphatic heterocycles. The molecule has 126 valence electrons. The molecule has 5 heteroatoms. The number of rotatable bonds is 8. The molecule has 1 N–H and O–H groups in total. The van der Waals surface area contributed by atoms with Gasteiger partial charge in [0.1, 0.15) is 12.4 Å². The van der Waals surface area contributed by atoms with Gasteiger partial charge in [-0.05, 0) is 49.6 Å². The van der Waals surface area contributed by atoms with Crippen LogP contribution in [0.3, 0.4) is 0 Å². The average molecular weight is 325 g/mol. The Morgan fingerprint density at radius 3 is 2.71 bits per heavy atom. The van der Waals surface area contributed by atoms with Gasteiger partial charge >= 0.3 is 0 Å². The van der Waals surface area contributed by atoms with Crippen LogP contribution in [0.5, 0.6) is 5.75 Å². The van der Waals surface area contributed by atoms with Gasteiger partial charge in [0.15, 0.2) is 0 Å². The molecule has 1 saturated carbocycles. The van der Waals surface area contributed by atoms with Crippen LogP contribution in [-0.2, 0) is 6.54 Å². The summed E-state index contributed by atoms with van der Waals surface area (Å²) < 4.78 is 7.62. The molecule has 0 atom stereocenters. The predicted octanol–water partition coefficient (Wildman–Crippen LogP) is 3.05. The standard InChI is InChI=1S/C19H23N3O2/c1-15(2)11-24-17-5-3-16(4-6-17)18(23)21-12-19(7-8-19)13-22-10-9-20-14-22/h3-6,9-10,14H,1,7-8,11-13H2,2H3,(H,21,23). The molecule has 1 fully saturated rings. The van der Waals surface area contributed by atoms with E-state index in [1.165, 1.54) is 0 Å². The third-order valence-electron chi connectivity index (χ3n) is 4.26. The van der Waals surface area contributed by atoms with E-state index in [2.05, 4.69) is 21.4 Å². The molecule has 0 radical (unpaired) electrons. The highest BCUT2D eigenvalue weighted by atomic mass is 16.5. The maximum Gasteiger partial charge on any atom is 0.251 e. The van der Waals surface area contributed by atoms with E-state index < -0.39 is 0 Å². The Bertz CT molecular complexity index is 701. The first kappa shape index (κ1) is 16.3. The van der Waals surface area contributed by atoms with Gasteiger partial charge in [0.2, 0.25) is 0 Å². The van der Waals surface area contributed by atoms with Crippen LogP contribution >= 0.6 is 0 Å². The van der Waals surface area contributed by atoms with Crippen molar-refractivity contribution in [2.75, 3.05) is 13.2 Å². The van der Waals surface area contributed by atoms with Crippen molar-refractivity contribution in [3.63, 3.8) is 0 Å². The minimum atomic E-state index is -0.0432. The van der Waals surface area contributed by atoms with E-state index in [0.717, 1.165) is 30.7 Å². The summed E-state index contributed by atoms with van der Waals surface area (Å²) in [6.07, 6.45) is 7.85. The SMILES string of the molecule is C=C(C)COc1ccc(C(=O)NCC2(Cn3ccnc3)CC2)cc1. The number of hydrogen-bond donors (Lipinski definition) is 1. The number of ether oxygens (including phenoxy) is 1. The molecule has 5 nitrogen and oxygen atoms in total. The second-order valence-corrected chi connectivity index (χ2v) is 6.69. The summed E-state index contributed by atoms with van der Waals surface area (Å²) in [5.41, 5.74) is 1.79. The molecular formula is C19H23N3O2. The number of amides is 1. The normalized spacial score (nSPS) is 14.9. The third-order valence-corrected chi connectivity index (χ3v) is 4.26. The van der Waals surface area contributed by atoms with Crippen molar-refractivity contribution in [1.82, 2.24) is 14.9 Å². The zero-order valence-corrected chi connectivity index (χ0v) is 14.0. The van der Waals surface area contributed by atoms with E-state index in [0.29, 0.717) is 18.7 Å². The predicted molar refractivity (Wildman–Crippen MR) is 93.0 cm³/mol. The lowest BCUT2D eigenvalue weighted by Gasteiger charge is -2.16. The topological polar surface area (TPSA) is 56.1 Å². The Morgan fingerprint density at radius 1 is 1.38 bits per heavy atom. The molecular weight excluding hydrogens is 302 g/mol. The van der Waals surface area contributed by atoms with E-state index in [9.17, 15) is 4.79 Å². The van der Waals surface area contributed by atoms with E-state index in [1.807, 2.05) is 31.6 Å². The van der Waals surface area contributed by atoms with Gasteiger partial charge in [-0.15, -0.1) is 0 Å². The van der Waals surface area contributed by atoms with Gasteiger partial charge in [-0.25, -0.2) is 4.98 Å². The Morgan fingerprint density at radius 2 is 2.12 bits per heavy atom. The lowest BCUT2D eigenvalue weighted by atomic mass is 10.1. The van der Waals surface area contributed by atoms with Crippen molar-refractivity contribution in [3.05, 3.63) is 60.7 Å². The molecule has 0 saturated heterocycles. The van der Waals surface area contributed by atoms with E-state index >= 15 is 0 Å². The lowest BCUT2D eigenvalue weighted by Crippen LogP contribution is -2.32. The van der Waals surface area contributed by atoms with Gasteiger partial charge in [0.25, 0.3) is 5.91 Å². The summed E-state index contributed by atoms with van der Waals surface area (Å²) in [4.78, 5) is 16.4. The molecule has 1 aliphatic carbocycles. The van der Waals surface area contributed by atoms with Crippen LogP contribution in [0.1, 0.15) is 30.1 Å². The largest absolute Gasteiger partial charge is 0.489 e. The Labute approximate surface area is 142 Å². The van der Waals surface area contributed by atoms with Crippen molar-refractivity contribution in [2.24, 2.45) is 5.41 Å². The van der Waals surface area contributed by atoms with Crippen LogP contribution in [-0.4, -0.2) is 28.6 Å². The van der Waals surface area contributed by atoms with Crippen molar-refractivity contribution in [2.45, 2.75) is 26.3 Å². The van der Waals surface area contributed by atoms with E-state index in [4.69, 9.17) is 4.74 Å². The number of nitrogens with zero attached hydrogens (tertiary/aromatic N) is 2. The highest BCUT2D eigenvalue weighted by molar-refractivity contribution is 5.94. The van der Waals surface area contributed by atoms with Crippen molar-refractivity contribution in [1.29, 1.82) is 0 Å². The number of nitrogens with one attached hydrogen (secondary N) is 1. The lowest BCUT2D eigenvalue weighted by molar-refractivity contribution is 0.0943. The summed E-state index contributed by atoms with van der Waals surface area (Å²) >= 11 is 0. The molecule has 1 heterocycles. The van der Waals surface area contributed by atoms with Crippen LogP contribution in [0.4, 0.5) is 0 Å². The van der Waals surface area contributed by atoms with E-state index in [-0.39, 0.29) is 11.3 Å². The zero-order valence-electron chi connectivity index (χ0n) is 14.0. The second-order valence-electron chi connectivity index (χ2n) is 6.69. The third kappa shape index (κ3) is 4.25. The number of hydrogen-bond acceptors (Lipinski definition) is 3. The Hall–Kier alpha value is -2.56. The van der Waals surface area contributed by atoms with Gasteiger partial charge in [-0.1, -0.05) is 6.58 Å². The fraction of sp³-hybridized carbons (Fsp3) is 0.368. The van der Waals surface area contributed by atoms with Gasteiger partial charge in [-0.3, -0.25) is 4.79 Å². The Kier molecular flexibility index (Phi) is 4.69. The quantitative estimate of drug-likeness (QED) is 0.759. The van der Waals surface area contributed by atoms with Crippen LogP contribution < -0.4 is 10.1 Å². The Balaban J connectivity index is 1.51. The van der Waals surface area contributed by atoms with Crippen molar-refractivity contribution < 1.29 is 9.53 Å². The zero-order chi connectivity index (χ0) is 17.0. The smallest absolute Gasteiger partial charge is 0.251 e. The monoisotopic (exact) mass is 325 g/mol. The number of benzene rings is 1. The highest BCUT2D eigenvalue weighted by Crippen LogP contribution is 2.46. The van der Waals surface area contributed by atoms with Crippen molar-refractivity contribution >= 4 is 5.91 Å². The van der Waals surface area contributed by atoms with Crippen LogP contribution in [0, 0.1) is 5.41 Å². The molecule has 24 heavy (non-hydrogen) atoms. The number of imidazole rings is 1. The summed E-state index contributed by atoms with van der Waals surface area (Å²) in [7, 11) is 0. The van der Waals surface area contributed by atoms with Gasteiger partial charge in [-0.2, -0.15) is 0 Å². The maximum absolute atomic E-state index is 12.3. The van der Waals surface area contributed by atoms with Crippen LogP contribution in [0.25, 0.3) is 0 Å². The first-order valence-electron chi connectivity index (χ1n) is 8.18.